The summed E-state index contributed by atoms with van der Waals surface area (Å²) in [7, 11) is 1.88. The molecule has 0 aliphatic carbocycles. The van der Waals surface area contributed by atoms with Gasteiger partial charge in [-0.05, 0) is 38.1 Å². The third-order valence-electron chi connectivity index (χ3n) is 3.49. The maximum absolute atomic E-state index is 4.68. The van der Waals surface area contributed by atoms with Gasteiger partial charge in [0.25, 0.3) is 0 Å². The van der Waals surface area contributed by atoms with Crippen LogP contribution in [0.4, 0.5) is 11.6 Å². The summed E-state index contributed by atoms with van der Waals surface area (Å²) in [6.45, 7) is 2.13. The van der Waals surface area contributed by atoms with Crippen molar-refractivity contribution in [2.45, 2.75) is 18.9 Å². The molecule has 108 valence electrons. The fourth-order valence-corrected chi connectivity index (χ4v) is 2.43. The van der Waals surface area contributed by atoms with E-state index in [2.05, 4.69) is 25.9 Å². The first-order valence-electron chi connectivity index (χ1n) is 6.78. The Hall–Kier alpha value is -1.59. The zero-order valence-electron chi connectivity index (χ0n) is 11.5. The lowest BCUT2D eigenvalue weighted by Crippen LogP contribution is -2.35. The summed E-state index contributed by atoms with van der Waals surface area (Å²) in [5.41, 5.74) is 1.85. The third-order valence-corrected chi connectivity index (χ3v) is 3.49. The van der Waals surface area contributed by atoms with Crippen molar-refractivity contribution in [1.29, 1.82) is 0 Å². The lowest BCUT2D eigenvalue weighted by molar-refractivity contribution is 0.478. The van der Waals surface area contributed by atoms with Crippen LogP contribution < -0.4 is 16.0 Å². The Morgan fingerprint density at radius 3 is 2.25 bits per heavy atom. The Kier molecular flexibility index (Phi) is 4.98. The number of fused-ring (bicyclic) bond motifs is 1. The van der Waals surface area contributed by atoms with Crippen LogP contribution in [0.25, 0.3) is 11.0 Å². The van der Waals surface area contributed by atoms with Crippen LogP contribution in [0, 0.1) is 0 Å². The molecule has 0 bridgehead atoms. The van der Waals surface area contributed by atoms with Gasteiger partial charge >= 0.3 is 0 Å². The van der Waals surface area contributed by atoms with Crippen LogP contribution in [-0.2, 0) is 0 Å². The Morgan fingerprint density at radius 2 is 1.65 bits per heavy atom. The minimum atomic E-state index is 0. The van der Waals surface area contributed by atoms with E-state index in [1.54, 1.807) is 0 Å². The highest BCUT2D eigenvalue weighted by molar-refractivity contribution is 5.85. The van der Waals surface area contributed by atoms with Gasteiger partial charge in [0, 0.05) is 13.1 Å². The average molecular weight is 294 g/mol. The SMILES string of the molecule is CNc1nc2ccccc2nc1NC1CCNCC1.Cl. The molecule has 0 spiro atoms. The van der Waals surface area contributed by atoms with E-state index < -0.39 is 0 Å². The molecule has 0 amide bonds. The van der Waals surface area contributed by atoms with Gasteiger partial charge in [0.05, 0.1) is 11.0 Å². The van der Waals surface area contributed by atoms with E-state index in [-0.39, 0.29) is 12.4 Å². The highest BCUT2D eigenvalue weighted by Crippen LogP contribution is 2.22. The van der Waals surface area contributed by atoms with Gasteiger partial charge in [-0.15, -0.1) is 12.4 Å². The van der Waals surface area contributed by atoms with Crippen LogP contribution in [0.3, 0.4) is 0 Å². The van der Waals surface area contributed by atoms with Gasteiger partial charge in [0.1, 0.15) is 0 Å². The van der Waals surface area contributed by atoms with Gasteiger partial charge in [-0.1, -0.05) is 12.1 Å². The molecule has 1 aliphatic rings. The summed E-state index contributed by atoms with van der Waals surface area (Å²) in [4.78, 5) is 9.29. The number of nitrogens with one attached hydrogen (secondary N) is 3. The molecule has 1 saturated heterocycles. The van der Waals surface area contributed by atoms with Gasteiger partial charge in [-0.3, -0.25) is 0 Å². The second kappa shape index (κ2) is 6.72. The summed E-state index contributed by atoms with van der Waals surface area (Å²) in [6, 6.07) is 8.43. The summed E-state index contributed by atoms with van der Waals surface area (Å²) >= 11 is 0. The van der Waals surface area contributed by atoms with Crippen LogP contribution in [0.1, 0.15) is 12.8 Å². The molecule has 5 nitrogen and oxygen atoms in total. The number of nitrogens with zero attached hydrogens (tertiary/aromatic N) is 2. The van der Waals surface area contributed by atoms with Crippen LogP contribution >= 0.6 is 12.4 Å². The van der Waals surface area contributed by atoms with Crippen molar-refractivity contribution < 1.29 is 0 Å². The number of halogens is 1. The predicted molar refractivity (Wildman–Crippen MR) is 85.8 cm³/mol. The monoisotopic (exact) mass is 293 g/mol. The summed E-state index contributed by atoms with van der Waals surface area (Å²) in [5, 5.41) is 10.0. The van der Waals surface area contributed by atoms with Crippen LogP contribution in [0.15, 0.2) is 24.3 Å². The standard InChI is InChI=1S/C14H19N5.ClH/c1-15-13-14(17-10-6-8-16-9-7-10)19-12-5-3-2-4-11(12)18-13;/h2-5,10,16H,6-9H2,1H3,(H,15,18)(H,17,19);1H. The van der Waals surface area contributed by atoms with Crippen LogP contribution in [-0.4, -0.2) is 36.1 Å². The molecule has 20 heavy (non-hydrogen) atoms. The molecular weight excluding hydrogens is 274 g/mol. The van der Waals surface area contributed by atoms with E-state index in [1.807, 2.05) is 31.3 Å². The molecule has 0 atom stereocenters. The Balaban J connectivity index is 0.00000147. The number of hydrogen-bond donors (Lipinski definition) is 3. The van der Waals surface area contributed by atoms with Gasteiger partial charge < -0.3 is 16.0 Å². The molecule has 2 heterocycles. The Bertz CT molecular complexity index is 568. The van der Waals surface area contributed by atoms with E-state index in [9.17, 15) is 0 Å². The summed E-state index contributed by atoms with van der Waals surface area (Å²) in [5.74, 6) is 1.67. The van der Waals surface area contributed by atoms with E-state index in [4.69, 9.17) is 0 Å². The van der Waals surface area contributed by atoms with Crippen molar-refractivity contribution in [2.24, 2.45) is 0 Å². The Morgan fingerprint density at radius 1 is 1.05 bits per heavy atom. The average Bonchev–Trinajstić information content (AvgIpc) is 2.47. The molecular formula is C14H20ClN5. The second-order valence-electron chi connectivity index (χ2n) is 4.83. The zero-order chi connectivity index (χ0) is 13.1. The van der Waals surface area contributed by atoms with Gasteiger partial charge in [-0.25, -0.2) is 9.97 Å². The maximum atomic E-state index is 4.68. The lowest BCUT2D eigenvalue weighted by atomic mass is 10.1. The van der Waals surface area contributed by atoms with Crippen molar-refractivity contribution >= 4 is 35.1 Å². The van der Waals surface area contributed by atoms with Crippen molar-refractivity contribution in [3.63, 3.8) is 0 Å². The number of hydrogen-bond acceptors (Lipinski definition) is 5. The topological polar surface area (TPSA) is 61.9 Å². The van der Waals surface area contributed by atoms with Crippen molar-refractivity contribution in [3.05, 3.63) is 24.3 Å². The smallest absolute Gasteiger partial charge is 0.169 e. The highest BCUT2D eigenvalue weighted by Gasteiger charge is 2.15. The number of para-hydroxylation sites is 2. The maximum Gasteiger partial charge on any atom is 0.169 e. The van der Waals surface area contributed by atoms with E-state index in [1.165, 1.54) is 0 Å². The molecule has 0 saturated carbocycles. The van der Waals surface area contributed by atoms with Crippen molar-refractivity contribution in [2.75, 3.05) is 30.8 Å². The molecule has 1 aromatic carbocycles. The molecule has 3 rings (SSSR count). The zero-order valence-corrected chi connectivity index (χ0v) is 12.3. The van der Waals surface area contributed by atoms with Crippen molar-refractivity contribution in [3.8, 4) is 0 Å². The molecule has 3 N–H and O–H groups in total. The molecule has 2 aromatic rings. The van der Waals surface area contributed by atoms with E-state index >= 15 is 0 Å². The quantitative estimate of drug-likeness (QED) is 0.810. The van der Waals surface area contributed by atoms with Crippen LogP contribution in [0.2, 0.25) is 0 Å². The highest BCUT2D eigenvalue weighted by atomic mass is 35.5. The second-order valence-corrected chi connectivity index (χ2v) is 4.83. The predicted octanol–water partition coefficient (Wildman–Crippen LogP) is 2.26. The summed E-state index contributed by atoms with van der Waals surface area (Å²) in [6.07, 6.45) is 2.25. The number of anilines is 2. The van der Waals surface area contributed by atoms with Gasteiger partial charge in [0.15, 0.2) is 11.6 Å². The van der Waals surface area contributed by atoms with E-state index in [0.29, 0.717) is 6.04 Å². The van der Waals surface area contributed by atoms with Crippen molar-refractivity contribution in [1.82, 2.24) is 15.3 Å². The normalized spacial score (nSPS) is 15.7. The number of rotatable bonds is 3. The van der Waals surface area contributed by atoms with Gasteiger partial charge in [0.2, 0.25) is 0 Å². The Labute approximate surface area is 125 Å². The number of benzene rings is 1. The fourth-order valence-electron chi connectivity index (χ4n) is 2.43. The third kappa shape index (κ3) is 3.11. The minimum absolute atomic E-state index is 0. The lowest BCUT2D eigenvalue weighted by Gasteiger charge is -2.25. The summed E-state index contributed by atoms with van der Waals surface area (Å²) < 4.78 is 0. The number of aromatic nitrogens is 2. The molecule has 0 unspecified atom stereocenters. The molecule has 1 aromatic heterocycles. The first-order chi connectivity index (χ1) is 9.36. The number of piperidine rings is 1. The molecule has 0 radical (unpaired) electrons. The molecule has 6 heteroatoms. The first-order valence-corrected chi connectivity index (χ1v) is 6.78. The fraction of sp³-hybridized carbons (Fsp3) is 0.429. The molecule has 1 fully saturated rings. The minimum Gasteiger partial charge on any atom is -0.370 e. The van der Waals surface area contributed by atoms with Gasteiger partial charge in [-0.2, -0.15) is 0 Å². The van der Waals surface area contributed by atoms with E-state index in [0.717, 1.165) is 48.6 Å². The van der Waals surface area contributed by atoms with Crippen LogP contribution in [0.5, 0.6) is 0 Å². The molecule has 1 aliphatic heterocycles. The first kappa shape index (κ1) is 14.8. The largest absolute Gasteiger partial charge is 0.370 e.